The van der Waals surface area contributed by atoms with Gasteiger partial charge in [0.15, 0.2) is 0 Å². The number of nitrogens with one attached hydrogen (secondary N) is 1. The van der Waals surface area contributed by atoms with E-state index in [-0.39, 0.29) is 6.03 Å². The second-order valence-electron chi connectivity index (χ2n) is 9.23. The summed E-state index contributed by atoms with van der Waals surface area (Å²) in [6.45, 7) is 9.39. The van der Waals surface area contributed by atoms with Crippen LogP contribution in [-0.2, 0) is 13.0 Å². The summed E-state index contributed by atoms with van der Waals surface area (Å²) in [4.78, 5) is 18.7. The number of piperidine rings is 1. The molecule has 2 heterocycles. The maximum absolute atomic E-state index is 11.8. The molecule has 2 saturated heterocycles. The summed E-state index contributed by atoms with van der Waals surface area (Å²) in [6.07, 6.45) is 3.78. The number of carbonyl (C=O) groups excluding carboxylic acids is 1. The third-order valence-corrected chi connectivity index (χ3v) is 6.69. The van der Waals surface area contributed by atoms with Crippen molar-refractivity contribution in [1.82, 2.24) is 15.1 Å². The van der Waals surface area contributed by atoms with Crippen molar-refractivity contribution in [2.45, 2.75) is 32.7 Å². The summed E-state index contributed by atoms with van der Waals surface area (Å²) in [6, 6.07) is 17.2. The maximum atomic E-state index is 11.8. The van der Waals surface area contributed by atoms with E-state index in [0.717, 1.165) is 50.7 Å². The summed E-state index contributed by atoms with van der Waals surface area (Å²) in [7, 11) is 2.23. The number of benzene rings is 2. The highest BCUT2D eigenvalue weighted by atomic mass is 16.2. The second-order valence-corrected chi connectivity index (χ2v) is 9.23. The lowest BCUT2D eigenvalue weighted by Gasteiger charge is -2.35. The van der Waals surface area contributed by atoms with Crippen LogP contribution in [0.25, 0.3) is 0 Å². The minimum Gasteiger partial charge on any atom is -0.336 e. The summed E-state index contributed by atoms with van der Waals surface area (Å²) >= 11 is 0. The van der Waals surface area contributed by atoms with E-state index in [9.17, 15) is 4.79 Å². The molecule has 5 nitrogen and oxygen atoms in total. The van der Waals surface area contributed by atoms with Gasteiger partial charge in [-0.3, -0.25) is 4.90 Å². The van der Waals surface area contributed by atoms with Gasteiger partial charge in [-0.25, -0.2) is 4.79 Å². The molecule has 2 amide bonds. The number of likely N-dealkylation sites (tertiary alicyclic amines) is 1. The maximum Gasteiger partial charge on any atom is 0.321 e. The van der Waals surface area contributed by atoms with Gasteiger partial charge >= 0.3 is 6.03 Å². The van der Waals surface area contributed by atoms with Gasteiger partial charge in [0.2, 0.25) is 0 Å². The third kappa shape index (κ3) is 5.86. The molecule has 4 rings (SSSR count). The van der Waals surface area contributed by atoms with Gasteiger partial charge in [0.25, 0.3) is 0 Å². The van der Waals surface area contributed by atoms with Gasteiger partial charge in [-0.2, -0.15) is 0 Å². The Morgan fingerprint density at radius 3 is 2.65 bits per heavy atom. The van der Waals surface area contributed by atoms with E-state index in [1.54, 1.807) is 4.90 Å². The number of aryl methyl sites for hydroxylation is 1. The van der Waals surface area contributed by atoms with Crippen LogP contribution in [0.2, 0.25) is 0 Å². The molecule has 0 unspecified atom stereocenters. The van der Waals surface area contributed by atoms with Crippen LogP contribution in [0.5, 0.6) is 0 Å². The van der Waals surface area contributed by atoms with Gasteiger partial charge in [-0.05, 0) is 74.5 Å². The van der Waals surface area contributed by atoms with Gasteiger partial charge in [0, 0.05) is 45.0 Å². The van der Waals surface area contributed by atoms with Gasteiger partial charge in [0.1, 0.15) is 0 Å². The topological polar surface area (TPSA) is 38.8 Å². The molecule has 0 radical (unpaired) electrons. The number of anilines is 1. The van der Waals surface area contributed by atoms with Crippen molar-refractivity contribution < 1.29 is 4.79 Å². The Bertz CT molecular complexity index is 866. The largest absolute Gasteiger partial charge is 0.336 e. The minimum atomic E-state index is 0.00847. The Labute approximate surface area is 187 Å². The molecule has 2 fully saturated rings. The SMILES string of the molecule is Cc1ccccc1CCN1CCC[C@H](CN(C)Cc2ccc(N3CCNC3=O)cc2)C1. The van der Waals surface area contributed by atoms with Crippen molar-refractivity contribution in [2.24, 2.45) is 5.92 Å². The summed E-state index contributed by atoms with van der Waals surface area (Å²) in [5.74, 6) is 0.739. The molecule has 2 aromatic carbocycles. The quantitative estimate of drug-likeness (QED) is 0.704. The Morgan fingerprint density at radius 1 is 1.10 bits per heavy atom. The fourth-order valence-electron chi connectivity index (χ4n) is 4.99. The van der Waals surface area contributed by atoms with Crippen LogP contribution in [-0.4, -0.2) is 62.1 Å². The number of carbonyl (C=O) groups is 1. The molecular formula is C26H36N4O. The zero-order valence-electron chi connectivity index (χ0n) is 19.0. The second kappa shape index (κ2) is 10.3. The first-order chi connectivity index (χ1) is 15.1. The molecule has 1 N–H and O–H groups in total. The number of rotatable bonds is 8. The van der Waals surface area contributed by atoms with Crippen LogP contribution < -0.4 is 10.2 Å². The average molecular weight is 421 g/mol. The molecule has 1 atom stereocenters. The van der Waals surface area contributed by atoms with Crippen molar-refractivity contribution in [2.75, 3.05) is 51.2 Å². The molecule has 166 valence electrons. The van der Waals surface area contributed by atoms with Crippen molar-refractivity contribution in [3.05, 3.63) is 65.2 Å². The lowest BCUT2D eigenvalue weighted by molar-refractivity contribution is 0.142. The van der Waals surface area contributed by atoms with E-state index in [2.05, 4.69) is 77.6 Å². The molecule has 0 spiro atoms. The number of urea groups is 1. The normalized spacial score (nSPS) is 19.8. The highest BCUT2D eigenvalue weighted by Crippen LogP contribution is 2.21. The zero-order valence-corrected chi connectivity index (χ0v) is 19.0. The molecule has 0 aromatic heterocycles. The number of amides is 2. The number of hydrogen-bond donors (Lipinski definition) is 1. The fourth-order valence-corrected chi connectivity index (χ4v) is 4.99. The first-order valence-electron chi connectivity index (χ1n) is 11.7. The highest BCUT2D eigenvalue weighted by Gasteiger charge is 2.22. The van der Waals surface area contributed by atoms with Crippen LogP contribution in [0.4, 0.5) is 10.5 Å². The molecule has 0 saturated carbocycles. The van der Waals surface area contributed by atoms with Crippen molar-refractivity contribution in [1.29, 1.82) is 0 Å². The molecule has 31 heavy (non-hydrogen) atoms. The highest BCUT2D eigenvalue weighted by molar-refractivity contribution is 5.93. The number of nitrogens with zero attached hydrogens (tertiary/aromatic N) is 3. The minimum absolute atomic E-state index is 0.00847. The molecule has 0 aliphatic carbocycles. The Hall–Kier alpha value is -2.37. The van der Waals surface area contributed by atoms with Crippen molar-refractivity contribution in [3.63, 3.8) is 0 Å². The van der Waals surface area contributed by atoms with Crippen LogP contribution in [0.15, 0.2) is 48.5 Å². The fraction of sp³-hybridized carbons (Fsp3) is 0.500. The smallest absolute Gasteiger partial charge is 0.321 e. The van der Waals surface area contributed by atoms with Gasteiger partial charge < -0.3 is 15.1 Å². The molecule has 2 aromatic rings. The van der Waals surface area contributed by atoms with Crippen molar-refractivity contribution >= 4 is 11.7 Å². The van der Waals surface area contributed by atoms with E-state index in [1.165, 1.54) is 42.6 Å². The van der Waals surface area contributed by atoms with Crippen LogP contribution in [0, 0.1) is 12.8 Å². The predicted octanol–water partition coefficient (Wildman–Crippen LogP) is 3.91. The summed E-state index contributed by atoms with van der Waals surface area (Å²) in [5, 5.41) is 2.86. The van der Waals surface area contributed by atoms with E-state index in [4.69, 9.17) is 0 Å². The van der Waals surface area contributed by atoms with E-state index < -0.39 is 0 Å². The van der Waals surface area contributed by atoms with Gasteiger partial charge in [0.05, 0.1) is 0 Å². The predicted molar refractivity (Wildman–Crippen MR) is 128 cm³/mol. The molecule has 0 bridgehead atoms. The average Bonchev–Trinajstić information content (AvgIpc) is 3.20. The Kier molecular flexibility index (Phi) is 7.25. The van der Waals surface area contributed by atoms with Gasteiger partial charge in [-0.1, -0.05) is 36.4 Å². The zero-order chi connectivity index (χ0) is 21.6. The lowest BCUT2D eigenvalue weighted by Crippen LogP contribution is -2.40. The third-order valence-electron chi connectivity index (χ3n) is 6.69. The van der Waals surface area contributed by atoms with Crippen LogP contribution >= 0.6 is 0 Å². The van der Waals surface area contributed by atoms with E-state index in [0.29, 0.717) is 0 Å². The van der Waals surface area contributed by atoms with E-state index in [1.807, 2.05) is 0 Å². The molecule has 5 heteroatoms. The lowest BCUT2D eigenvalue weighted by atomic mass is 9.96. The molecule has 2 aliphatic rings. The monoisotopic (exact) mass is 420 g/mol. The summed E-state index contributed by atoms with van der Waals surface area (Å²) < 4.78 is 0. The van der Waals surface area contributed by atoms with Crippen molar-refractivity contribution in [3.8, 4) is 0 Å². The Morgan fingerprint density at radius 2 is 1.90 bits per heavy atom. The first kappa shape index (κ1) is 21.8. The summed E-state index contributed by atoms with van der Waals surface area (Å²) in [5.41, 5.74) is 5.18. The molecule has 2 aliphatic heterocycles. The Balaban J connectivity index is 1.24. The van der Waals surface area contributed by atoms with Gasteiger partial charge in [-0.15, -0.1) is 0 Å². The first-order valence-corrected chi connectivity index (χ1v) is 11.7. The van der Waals surface area contributed by atoms with Crippen LogP contribution in [0.3, 0.4) is 0 Å². The van der Waals surface area contributed by atoms with E-state index >= 15 is 0 Å². The van der Waals surface area contributed by atoms with Crippen LogP contribution in [0.1, 0.15) is 29.5 Å². The molecular weight excluding hydrogens is 384 g/mol. The number of hydrogen-bond acceptors (Lipinski definition) is 3. The standard InChI is InChI=1S/C26H36N4O/c1-21-6-3-4-8-24(21)13-16-29-15-5-7-23(20-29)19-28(2)18-22-9-11-25(12-10-22)30-17-14-27-26(30)31/h3-4,6,8-12,23H,5,7,13-20H2,1-2H3,(H,27,31)/t23-/m1/s1.